The van der Waals surface area contributed by atoms with E-state index in [0.717, 1.165) is 49.7 Å². The van der Waals surface area contributed by atoms with Crippen LogP contribution in [0.3, 0.4) is 0 Å². The molecule has 3 heterocycles. The highest BCUT2D eigenvalue weighted by atomic mass is 15.2. The fourth-order valence-corrected chi connectivity index (χ4v) is 7.44. The molecule has 10 rings (SSSR count). The largest absolute Gasteiger partial charge is 0.309 e. The third kappa shape index (κ3) is 4.37. The van der Waals surface area contributed by atoms with Gasteiger partial charge in [-0.2, -0.15) is 9.97 Å². The van der Waals surface area contributed by atoms with Crippen LogP contribution in [0.4, 0.5) is 0 Å². The Bertz CT molecular complexity index is 2760. The monoisotopic (exact) mass is 639 g/mol. The van der Waals surface area contributed by atoms with Gasteiger partial charge in [0.1, 0.15) is 0 Å². The molecule has 7 aromatic carbocycles. The molecule has 0 unspecified atom stereocenters. The van der Waals surface area contributed by atoms with E-state index >= 15 is 0 Å². The van der Waals surface area contributed by atoms with Gasteiger partial charge < -0.3 is 4.57 Å². The zero-order chi connectivity index (χ0) is 33.0. The van der Waals surface area contributed by atoms with Crippen molar-refractivity contribution in [1.29, 1.82) is 0 Å². The molecule has 50 heavy (non-hydrogen) atoms. The molecule has 3 aromatic heterocycles. The molecule has 0 aliphatic carbocycles. The van der Waals surface area contributed by atoms with Gasteiger partial charge in [0.2, 0.25) is 5.95 Å². The van der Waals surface area contributed by atoms with Gasteiger partial charge in [-0.3, -0.25) is 4.57 Å². The lowest BCUT2D eigenvalue weighted by Gasteiger charge is -2.15. The Morgan fingerprint density at radius 3 is 1.40 bits per heavy atom. The molecule has 0 aliphatic heterocycles. The van der Waals surface area contributed by atoms with Crippen molar-refractivity contribution >= 4 is 43.6 Å². The molecule has 0 bridgehead atoms. The number of aromatic nitrogens is 5. The van der Waals surface area contributed by atoms with Crippen molar-refractivity contribution in [3.8, 4) is 45.5 Å². The second-order valence-corrected chi connectivity index (χ2v) is 12.5. The lowest BCUT2D eigenvalue weighted by Crippen LogP contribution is -2.06. The Hall–Kier alpha value is -6.85. The molecule has 0 saturated heterocycles. The normalized spacial score (nSPS) is 11.6. The summed E-state index contributed by atoms with van der Waals surface area (Å²) in [5, 5.41) is 4.77. The van der Waals surface area contributed by atoms with Crippen LogP contribution in [0.15, 0.2) is 176 Å². The molecular weight excluding hydrogens is 611 g/mol. The van der Waals surface area contributed by atoms with Crippen LogP contribution in [-0.2, 0) is 0 Å². The summed E-state index contributed by atoms with van der Waals surface area (Å²) in [6.45, 7) is 0. The van der Waals surface area contributed by atoms with E-state index in [9.17, 15) is 0 Å². The SMILES string of the molecule is c1ccc(-c2nc(-c3ccccc3)nc(-n3c4ccccc4c4c(-c5ccccc5-n5c6ccccc6c6ccccc65)cccc43)n2)cc1. The van der Waals surface area contributed by atoms with Crippen LogP contribution in [-0.4, -0.2) is 24.1 Å². The van der Waals surface area contributed by atoms with E-state index in [-0.39, 0.29) is 0 Å². The zero-order valence-corrected chi connectivity index (χ0v) is 27.0. The molecule has 5 heteroatoms. The first kappa shape index (κ1) is 28.2. The number of para-hydroxylation sites is 4. The summed E-state index contributed by atoms with van der Waals surface area (Å²) in [7, 11) is 0. The number of hydrogen-bond donors (Lipinski definition) is 0. The van der Waals surface area contributed by atoms with E-state index in [1.165, 1.54) is 21.8 Å². The second-order valence-electron chi connectivity index (χ2n) is 12.5. The summed E-state index contributed by atoms with van der Waals surface area (Å²) >= 11 is 0. The summed E-state index contributed by atoms with van der Waals surface area (Å²) < 4.78 is 4.60. The third-order valence-corrected chi connectivity index (χ3v) is 9.60. The van der Waals surface area contributed by atoms with Crippen LogP contribution in [0.25, 0.3) is 89.2 Å². The first-order chi connectivity index (χ1) is 24.8. The Morgan fingerprint density at radius 1 is 0.320 bits per heavy atom. The Balaban J connectivity index is 1.27. The number of hydrogen-bond acceptors (Lipinski definition) is 3. The molecule has 0 atom stereocenters. The summed E-state index contributed by atoms with van der Waals surface area (Å²) in [4.78, 5) is 15.2. The van der Waals surface area contributed by atoms with Gasteiger partial charge in [-0.05, 0) is 35.9 Å². The first-order valence-corrected chi connectivity index (χ1v) is 16.8. The van der Waals surface area contributed by atoms with Gasteiger partial charge in [-0.25, -0.2) is 4.98 Å². The van der Waals surface area contributed by atoms with Gasteiger partial charge in [0, 0.05) is 38.2 Å². The van der Waals surface area contributed by atoms with E-state index in [0.29, 0.717) is 17.6 Å². The molecular formula is C45H29N5. The Kier molecular flexibility index (Phi) is 6.42. The minimum Gasteiger partial charge on any atom is -0.309 e. The number of nitrogens with zero attached hydrogens (tertiary/aromatic N) is 5. The lowest BCUT2D eigenvalue weighted by atomic mass is 9.97. The molecule has 0 N–H and O–H groups in total. The average molecular weight is 640 g/mol. The predicted octanol–water partition coefficient (Wildman–Crippen LogP) is 11.1. The molecule has 234 valence electrons. The quantitative estimate of drug-likeness (QED) is 0.188. The Labute approximate surface area is 288 Å². The molecule has 10 aromatic rings. The van der Waals surface area contributed by atoms with E-state index in [2.05, 4.69) is 124 Å². The highest BCUT2D eigenvalue weighted by molar-refractivity contribution is 6.17. The third-order valence-electron chi connectivity index (χ3n) is 9.60. The molecule has 0 spiro atoms. The van der Waals surface area contributed by atoms with Crippen molar-refractivity contribution in [2.24, 2.45) is 0 Å². The predicted molar refractivity (Wildman–Crippen MR) is 205 cm³/mol. The highest BCUT2D eigenvalue weighted by Gasteiger charge is 2.22. The van der Waals surface area contributed by atoms with E-state index in [4.69, 9.17) is 15.0 Å². The van der Waals surface area contributed by atoms with E-state index in [1.807, 2.05) is 60.7 Å². The van der Waals surface area contributed by atoms with E-state index < -0.39 is 0 Å². The topological polar surface area (TPSA) is 48.5 Å². The molecule has 0 aliphatic rings. The molecule has 5 nitrogen and oxygen atoms in total. The van der Waals surface area contributed by atoms with Gasteiger partial charge in [-0.15, -0.1) is 0 Å². The van der Waals surface area contributed by atoms with E-state index in [1.54, 1.807) is 0 Å². The van der Waals surface area contributed by atoms with Crippen LogP contribution in [0.1, 0.15) is 0 Å². The van der Waals surface area contributed by atoms with Gasteiger partial charge in [0.15, 0.2) is 11.6 Å². The van der Waals surface area contributed by atoms with Gasteiger partial charge >= 0.3 is 0 Å². The summed E-state index contributed by atoms with van der Waals surface area (Å²) in [5.74, 6) is 1.85. The summed E-state index contributed by atoms with van der Waals surface area (Å²) in [6, 6.07) is 61.5. The maximum absolute atomic E-state index is 5.14. The van der Waals surface area contributed by atoms with Crippen LogP contribution in [0.5, 0.6) is 0 Å². The van der Waals surface area contributed by atoms with Gasteiger partial charge in [-0.1, -0.05) is 146 Å². The second kappa shape index (κ2) is 11.4. The minimum absolute atomic E-state index is 0.580. The van der Waals surface area contributed by atoms with Crippen LogP contribution < -0.4 is 0 Å². The maximum Gasteiger partial charge on any atom is 0.238 e. The average Bonchev–Trinajstić information content (AvgIpc) is 3.72. The molecule has 0 amide bonds. The van der Waals surface area contributed by atoms with Gasteiger partial charge in [0.25, 0.3) is 0 Å². The standard InChI is InChI=1S/C45H29N5/c1-3-16-30(17-4-1)43-46-44(31-18-5-2-6-19-31)48-45(47-43)50-40-28-14-10-23-36(40)42-35(24-15-29-41(42)50)34-22-9-13-27-39(34)49-37-25-11-7-20-32(37)33-21-8-12-26-38(33)49/h1-29H. The van der Waals surface area contributed by atoms with Crippen LogP contribution in [0.2, 0.25) is 0 Å². The summed E-state index contributed by atoms with van der Waals surface area (Å²) in [6.07, 6.45) is 0. The fourth-order valence-electron chi connectivity index (χ4n) is 7.44. The van der Waals surface area contributed by atoms with Crippen LogP contribution >= 0.6 is 0 Å². The van der Waals surface area contributed by atoms with Crippen molar-refractivity contribution < 1.29 is 0 Å². The van der Waals surface area contributed by atoms with Crippen molar-refractivity contribution in [2.45, 2.75) is 0 Å². The summed E-state index contributed by atoms with van der Waals surface area (Å²) in [5.41, 5.74) is 9.75. The molecule has 0 saturated carbocycles. The van der Waals surface area contributed by atoms with Crippen molar-refractivity contribution in [3.63, 3.8) is 0 Å². The maximum atomic E-state index is 5.14. The van der Waals surface area contributed by atoms with Gasteiger partial charge in [0.05, 0.1) is 27.8 Å². The van der Waals surface area contributed by atoms with Crippen LogP contribution in [0, 0.1) is 0 Å². The first-order valence-electron chi connectivity index (χ1n) is 16.8. The van der Waals surface area contributed by atoms with Crippen molar-refractivity contribution in [1.82, 2.24) is 24.1 Å². The molecule has 0 fully saturated rings. The smallest absolute Gasteiger partial charge is 0.238 e. The fraction of sp³-hybridized carbons (Fsp3) is 0. The number of rotatable bonds is 5. The zero-order valence-electron chi connectivity index (χ0n) is 27.0. The van der Waals surface area contributed by atoms with Crippen molar-refractivity contribution in [3.05, 3.63) is 176 Å². The Morgan fingerprint density at radius 2 is 0.780 bits per heavy atom. The minimum atomic E-state index is 0.580. The lowest BCUT2D eigenvalue weighted by molar-refractivity contribution is 0.953. The number of benzene rings is 7. The van der Waals surface area contributed by atoms with Crippen molar-refractivity contribution in [2.75, 3.05) is 0 Å². The number of fused-ring (bicyclic) bond motifs is 6. The highest BCUT2D eigenvalue weighted by Crippen LogP contribution is 2.42. The molecule has 0 radical (unpaired) electrons.